The van der Waals surface area contributed by atoms with E-state index in [1.54, 1.807) is 37.3 Å². The molecule has 3 aromatic heterocycles. The summed E-state index contributed by atoms with van der Waals surface area (Å²) in [5.41, 5.74) is 4.12. The Morgan fingerprint density at radius 1 is 1.28 bits per heavy atom. The lowest BCUT2D eigenvalue weighted by Gasteiger charge is -2.20. The molecule has 0 fully saturated rings. The lowest BCUT2D eigenvalue weighted by atomic mass is 10.2. The van der Waals surface area contributed by atoms with Crippen molar-refractivity contribution >= 4 is 34.3 Å². The number of fused-ring (bicyclic) bond motifs is 1. The maximum atomic E-state index is 13.3. The SMILES string of the molecule is C[C@H](Nc1nc(N)nc(C(F)F)c1C#N)c1nc2c(Cl)cccc2c(=O)n1-c1ccn[nH]1. The summed E-state index contributed by atoms with van der Waals surface area (Å²) in [6.45, 7) is 1.61. The molecular weight excluding hydrogens is 444 g/mol. The van der Waals surface area contributed by atoms with Crippen molar-refractivity contribution in [3.63, 3.8) is 0 Å². The van der Waals surface area contributed by atoms with Crippen molar-refractivity contribution in [1.82, 2.24) is 29.7 Å². The number of nitrogens with two attached hydrogens (primary N) is 1. The van der Waals surface area contributed by atoms with Crippen LogP contribution >= 0.6 is 11.6 Å². The highest BCUT2D eigenvalue weighted by Gasteiger charge is 2.25. The van der Waals surface area contributed by atoms with Gasteiger partial charge in [-0.3, -0.25) is 9.89 Å². The predicted octanol–water partition coefficient (Wildman–Crippen LogP) is 3.12. The van der Waals surface area contributed by atoms with Gasteiger partial charge in [0, 0.05) is 6.07 Å². The number of aromatic nitrogens is 6. The number of anilines is 2. The molecule has 4 rings (SSSR count). The maximum Gasteiger partial charge on any atom is 0.281 e. The van der Waals surface area contributed by atoms with Crippen LogP contribution in [0.15, 0.2) is 35.3 Å². The molecule has 1 aromatic carbocycles. The van der Waals surface area contributed by atoms with E-state index >= 15 is 0 Å². The normalized spacial score (nSPS) is 12.1. The van der Waals surface area contributed by atoms with Crippen LogP contribution in [0.5, 0.6) is 0 Å². The Morgan fingerprint density at radius 3 is 2.72 bits per heavy atom. The first-order valence-electron chi connectivity index (χ1n) is 9.15. The van der Waals surface area contributed by atoms with E-state index in [2.05, 4.69) is 30.5 Å². The zero-order valence-electron chi connectivity index (χ0n) is 16.3. The van der Waals surface area contributed by atoms with Crippen molar-refractivity contribution in [2.45, 2.75) is 19.4 Å². The van der Waals surface area contributed by atoms with Gasteiger partial charge in [0.05, 0.1) is 28.2 Å². The minimum Gasteiger partial charge on any atom is -0.368 e. The molecule has 10 nitrogen and oxygen atoms in total. The van der Waals surface area contributed by atoms with Gasteiger partial charge in [-0.1, -0.05) is 17.7 Å². The number of aromatic amines is 1. The van der Waals surface area contributed by atoms with E-state index in [-0.39, 0.29) is 27.6 Å². The Kier molecular flexibility index (Phi) is 5.41. The van der Waals surface area contributed by atoms with Crippen LogP contribution in [0, 0.1) is 11.3 Å². The third kappa shape index (κ3) is 3.58. The van der Waals surface area contributed by atoms with Crippen LogP contribution < -0.4 is 16.6 Å². The van der Waals surface area contributed by atoms with Crippen LogP contribution in [0.1, 0.15) is 36.5 Å². The van der Waals surface area contributed by atoms with Gasteiger partial charge in [0.1, 0.15) is 29.0 Å². The largest absolute Gasteiger partial charge is 0.368 e. The summed E-state index contributed by atoms with van der Waals surface area (Å²) in [4.78, 5) is 25.2. The Morgan fingerprint density at radius 2 is 2.06 bits per heavy atom. The van der Waals surface area contributed by atoms with Gasteiger partial charge in [-0.2, -0.15) is 15.3 Å². The molecule has 0 amide bonds. The molecule has 0 bridgehead atoms. The second kappa shape index (κ2) is 8.20. The average Bonchev–Trinajstić information content (AvgIpc) is 3.28. The predicted molar refractivity (Wildman–Crippen MR) is 113 cm³/mol. The molecule has 32 heavy (non-hydrogen) atoms. The molecule has 0 saturated carbocycles. The summed E-state index contributed by atoms with van der Waals surface area (Å²) in [6.07, 6.45) is -1.58. The first-order chi connectivity index (χ1) is 15.3. The molecule has 0 saturated heterocycles. The van der Waals surface area contributed by atoms with E-state index in [0.29, 0.717) is 5.82 Å². The number of nitriles is 1. The van der Waals surface area contributed by atoms with Crippen LogP contribution in [0.2, 0.25) is 5.02 Å². The number of nitrogens with one attached hydrogen (secondary N) is 2. The van der Waals surface area contributed by atoms with Gasteiger partial charge < -0.3 is 11.1 Å². The molecular formula is C19H14ClF2N9O. The van der Waals surface area contributed by atoms with Gasteiger partial charge in [0.15, 0.2) is 5.82 Å². The molecule has 13 heteroatoms. The number of halogens is 3. The molecule has 1 atom stereocenters. The topological polar surface area (TPSA) is 151 Å². The quantitative estimate of drug-likeness (QED) is 0.413. The number of hydrogen-bond donors (Lipinski definition) is 3. The van der Waals surface area contributed by atoms with E-state index in [0.717, 1.165) is 0 Å². The van der Waals surface area contributed by atoms with Crippen LogP contribution in [-0.4, -0.2) is 29.7 Å². The molecule has 0 radical (unpaired) electrons. The number of nitrogen functional groups attached to an aromatic ring is 1. The third-order valence-electron chi connectivity index (χ3n) is 4.62. The van der Waals surface area contributed by atoms with Gasteiger partial charge >= 0.3 is 0 Å². The fraction of sp³-hybridized carbons (Fsp3) is 0.158. The molecule has 4 N–H and O–H groups in total. The van der Waals surface area contributed by atoms with Crippen LogP contribution in [0.25, 0.3) is 16.7 Å². The summed E-state index contributed by atoms with van der Waals surface area (Å²) < 4.78 is 28.0. The number of rotatable bonds is 5. The smallest absolute Gasteiger partial charge is 0.281 e. The van der Waals surface area contributed by atoms with E-state index in [4.69, 9.17) is 17.3 Å². The molecule has 4 aromatic rings. The summed E-state index contributed by atoms with van der Waals surface area (Å²) >= 11 is 6.25. The lowest BCUT2D eigenvalue weighted by Crippen LogP contribution is -2.28. The van der Waals surface area contributed by atoms with Gasteiger partial charge in [0.25, 0.3) is 12.0 Å². The molecule has 0 aliphatic carbocycles. The monoisotopic (exact) mass is 457 g/mol. The summed E-state index contributed by atoms with van der Waals surface area (Å²) in [5, 5.41) is 19.3. The van der Waals surface area contributed by atoms with Crippen molar-refractivity contribution in [2.24, 2.45) is 0 Å². The van der Waals surface area contributed by atoms with E-state index in [1.165, 1.54) is 10.8 Å². The van der Waals surface area contributed by atoms with Gasteiger partial charge in [-0.05, 0) is 19.1 Å². The molecule has 0 unspecified atom stereocenters. The number of benzene rings is 1. The zero-order valence-corrected chi connectivity index (χ0v) is 17.1. The Labute approximate surface area is 183 Å². The second-order valence-corrected chi connectivity index (χ2v) is 7.06. The van der Waals surface area contributed by atoms with E-state index < -0.39 is 35.2 Å². The highest BCUT2D eigenvalue weighted by molar-refractivity contribution is 6.35. The lowest BCUT2D eigenvalue weighted by molar-refractivity contribution is 0.146. The number of alkyl halides is 2. The van der Waals surface area contributed by atoms with Crippen molar-refractivity contribution < 1.29 is 8.78 Å². The average molecular weight is 458 g/mol. The van der Waals surface area contributed by atoms with Crippen LogP contribution in [0.4, 0.5) is 20.5 Å². The standard InChI is InChI=1S/C19H14ClF2N9O/c1-8(26-16-10(7-23)14(15(21)22)28-19(24)29-16)17-27-13-9(3-2-4-11(13)20)18(32)31(17)12-5-6-25-30-12/h2-6,8,15H,1H3,(H,25,30)(H3,24,26,28,29)/t8-/m0/s1. The van der Waals surface area contributed by atoms with Crippen LogP contribution in [0.3, 0.4) is 0 Å². The van der Waals surface area contributed by atoms with E-state index in [1.807, 2.05) is 0 Å². The van der Waals surface area contributed by atoms with Crippen molar-refractivity contribution in [1.29, 1.82) is 5.26 Å². The summed E-state index contributed by atoms with van der Waals surface area (Å²) in [6, 6.07) is 7.23. The first kappa shape index (κ1) is 21.1. The molecule has 3 heterocycles. The number of nitrogens with zero attached hydrogens (tertiary/aromatic N) is 6. The Bertz CT molecular complexity index is 1410. The highest BCUT2D eigenvalue weighted by atomic mass is 35.5. The van der Waals surface area contributed by atoms with Crippen molar-refractivity contribution in [3.8, 4) is 11.9 Å². The fourth-order valence-electron chi connectivity index (χ4n) is 3.23. The summed E-state index contributed by atoms with van der Waals surface area (Å²) in [5.74, 6) is -0.162. The van der Waals surface area contributed by atoms with Crippen LogP contribution in [-0.2, 0) is 0 Å². The minimum atomic E-state index is -3.04. The Hall–Kier alpha value is -4.11. The number of hydrogen-bond acceptors (Lipinski definition) is 8. The highest BCUT2D eigenvalue weighted by Crippen LogP contribution is 2.29. The molecule has 162 valence electrons. The molecule has 0 spiro atoms. The summed E-state index contributed by atoms with van der Waals surface area (Å²) in [7, 11) is 0. The second-order valence-electron chi connectivity index (χ2n) is 6.66. The van der Waals surface area contributed by atoms with Gasteiger partial charge in [-0.25, -0.2) is 23.3 Å². The van der Waals surface area contributed by atoms with Crippen molar-refractivity contribution in [2.75, 3.05) is 11.1 Å². The molecule has 0 aliphatic rings. The number of H-pyrrole nitrogens is 1. The zero-order chi connectivity index (χ0) is 23.0. The van der Waals surface area contributed by atoms with E-state index in [9.17, 15) is 18.8 Å². The van der Waals surface area contributed by atoms with Crippen molar-refractivity contribution in [3.05, 3.63) is 62.9 Å². The maximum absolute atomic E-state index is 13.3. The minimum absolute atomic E-state index is 0.166. The van der Waals surface area contributed by atoms with Gasteiger partial charge in [0.2, 0.25) is 5.95 Å². The Balaban J connectivity index is 1.91. The number of para-hydroxylation sites is 1. The fourth-order valence-corrected chi connectivity index (χ4v) is 3.44. The molecule has 0 aliphatic heterocycles. The van der Waals surface area contributed by atoms with Gasteiger partial charge in [-0.15, -0.1) is 0 Å². The third-order valence-corrected chi connectivity index (χ3v) is 4.92. The first-order valence-corrected chi connectivity index (χ1v) is 9.52.